The van der Waals surface area contributed by atoms with Crippen LogP contribution in [0.5, 0.6) is 0 Å². The second kappa shape index (κ2) is 2.35. The minimum absolute atomic E-state index is 0.810. The molecule has 1 nitrogen and oxygen atoms in total. The monoisotopic (exact) mass is 153 g/mol. The third-order valence-corrected chi connectivity index (χ3v) is 2.88. The summed E-state index contributed by atoms with van der Waals surface area (Å²) < 4.78 is 4.38. The van der Waals surface area contributed by atoms with Gasteiger partial charge in [-0.3, -0.25) is 0 Å². The Labute approximate surface area is 65.3 Å². The van der Waals surface area contributed by atoms with Gasteiger partial charge >= 0.3 is 0 Å². The maximum Gasteiger partial charge on any atom is 0.0575 e. The molecule has 1 fully saturated rings. The molecule has 0 spiro atoms. The summed E-state index contributed by atoms with van der Waals surface area (Å²) >= 11 is 1.63. The quantitative estimate of drug-likeness (QED) is 0.604. The van der Waals surface area contributed by atoms with Gasteiger partial charge in [-0.15, -0.1) is 0 Å². The van der Waals surface area contributed by atoms with Crippen LogP contribution in [0.1, 0.15) is 35.8 Å². The molecule has 0 radical (unpaired) electrons. The van der Waals surface area contributed by atoms with Gasteiger partial charge in [-0.2, -0.15) is 4.37 Å². The van der Waals surface area contributed by atoms with E-state index in [2.05, 4.69) is 17.4 Å². The molecular weight excluding hydrogens is 142 g/mol. The van der Waals surface area contributed by atoms with E-state index < -0.39 is 0 Å². The molecule has 0 aromatic carbocycles. The summed E-state index contributed by atoms with van der Waals surface area (Å²) in [6.45, 7) is 2.12. The SMILES string of the molecule is Cc1cc(C2CCC2)ns1. The number of aryl methyl sites for hydroxylation is 1. The second-order valence-electron chi connectivity index (χ2n) is 2.99. The lowest BCUT2D eigenvalue weighted by atomic mass is 9.83. The van der Waals surface area contributed by atoms with Gasteiger partial charge in [0.25, 0.3) is 0 Å². The van der Waals surface area contributed by atoms with Crippen LogP contribution in [0.3, 0.4) is 0 Å². The number of nitrogens with zero attached hydrogens (tertiary/aromatic N) is 1. The topological polar surface area (TPSA) is 12.9 Å². The van der Waals surface area contributed by atoms with E-state index >= 15 is 0 Å². The van der Waals surface area contributed by atoms with Crippen LogP contribution in [0.4, 0.5) is 0 Å². The molecular formula is C8H11NS. The predicted molar refractivity (Wildman–Crippen MR) is 43.4 cm³/mol. The van der Waals surface area contributed by atoms with Crippen LogP contribution in [-0.4, -0.2) is 4.37 Å². The van der Waals surface area contributed by atoms with E-state index in [0.29, 0.717) is 0 Å². The fourth-order valence-corrected chi connectivity index (χ4v) is 1.91. The van der Waals surface area contributed by atoms with Crippen LogP contribution in [0.25, 0.3) is 0 Å². The van der Waals surface area contributed by atoms with Crippen LogP contribution in [0, 0.1) is 6.92 Å². The van der Waals surface area contributed by atoms with Crippen LogP contribution in [0.15, 0.2) is 6.07 Å². The Morgan fingerprint density at radius 2 is 2.40 bits per heavy atom. The molecule has 0 unspecified atom stereocenters. The Kier molecular flexibility index (Phi) is 1.49. The number of aromatic nitrogens is 1. The fourth-order valence-electron chi connectivity index (χ4n) is 1.28. The lowest BCUT2D eigenvalue weighted by Crippen LogP contribution is -2.08. The Hall–Kier alpha value is -0.370. The maximum absolute atomic E-state index is 4.38. The molecule has 2 heteroatoms. The normalized spacial score (nSPS) is 18.9. The standard InChI is InChI=1S/C8H11NS/c1-6-5-8(9-10-6)7-3-2-4-7/h5,7H,2-4H2,1H3. The van der Waals surface area contributed by atoms with Gasteiger partial charge in [0.1, 0.15) is 0 Å². The van der Waals surface area contributed by atoms with Crippen LogP contribution < -0.4 is 0 Å². The lowest BCUT2D eigenvalue weighted by molar-refractivity contribution is 0.413. The molecule has 0 saturated heterocycles. The van der Waals surface area contributed by atoms with Crippen molar-refractivity contribution in [3.8, 4) is 0 Å². The minimum Gasteiger partial charge on any atom is -0.197 e. The molecule has 54 valence electrons. The third-order valence-electron chi connectivity index (χ3n) is 2.17. The van der Waals surface area contributed by atoms with Crippen molar-refractivity contribution in [2.24, 2.45) is 0 Å². The Morgan fingerprint density at radius 1 is 1.60 bits per heavy atom. The van der Waals surface area contributed by atoms with Gasteiger partial charge in [0.15, 0.2) is 0 Å². The molecule has 1 saturated carbocycles. The van der Waals surface area contributed by atoms with E-state index in [1.807, 2.05) is 0 Å². The third kappa shape index (κ3) is 0.966. The van der Waals surface area contributed by atoms with Crippen molar-refractivity contribution in [1.82, 2.24) is 4.37 Å². The van der Waals surface area contributed by atoms with Crippen molar-refractivity contribution < 1.29 is 0 Å². The van der Waals surface area contributed by atoms with Gasteiger partial charge in [0, 0.05) is 10.8 Å². The summed E-state index contributed by atoms with van der Waals surface area (Å²) in [5.41, 5.74) is 1.34. The molecule has 0 N–H and O–H groups in total. The van der Waals surface area contributed by atoms with Crippen molar-refractivity contribution in [2.45, 2.75) is 32.1 Å². The highest BCUT2D eigenvalue weighted by Gasteiger charge is 2.21. The van der Waals surface area contributed by atoms with Crippen LogP contribution in [0.2, 0.25) is 0 Å². The molecule has 1 aromatic heterocycles. The molecule has 1 heterocycles. The average Bonchev–Trinajstić information content (AvgIpc) is 2.10. The van der Waals surface area contributed by atoms with Gasteiger partial charge in [0.2, 0.25) is 0 Å². The van der Waals surface area contributed by atoms with Gasteiger partial charge in [-0.25, -0.2) is 0 Å². The van der Waals surface area contributed by atoms with E-state index in [9.17, 15) is 0 Å². The molecule has 2 rings (SSSR count). The summed E-state index contributed by atoms with van der Waals surface area (Å²) in [5, 5.41) is 0. The first-order valence-electron chi connectivity index (χ1n) is 3.79. The van der Waals surface area contributed by atoms with E-state index in [4.69, 9.17) is 0 Å². The fraction of sp³-hybridized carbons (Fsp3) is 0.625. The summed E-state index contributed by atoms with van der Waals surface area (Å²) in [7, 11) is 0. The van der Waals surface area contributed by atoms with Gasteiger partial charge < -0.3 is 0 Å². The van der Waals surface area contributed by atoms with E-state index in [-0.39, 0.29) is 0 Å². The second-order valence-corrected chi connectivity index (χ2v) is 4.00. The van der Waals surface area contributed by atoms with E-state index in [1.165, 1.54) is 29.8 Å². The molecule has 1 aliphatic carbocycles. The zero-order valence-corrected chi connectivity index (χ0v) is 6.95. The van der Waals surface area contributed by atoms with Crippen molar-refractivity contribution in [1.29, 1.82) is 0 Å². The van der Waals surface area contributed by atoms with Crippen LogP contribution >= 0.6 is 11.5 Å². The molecule has 1 aromatic rings. The number of hydrogen-bond acceptors (Lipinski definition) is 2. The maximum atomic E-state index is 4.38. The molecule has 10 heavy (non-hydrogen) atoms. The molecule has 0 atom stereocenters. The smallest absolute Gasteiger partial charge is 0.0575 e. The van der Waals surface area contributed by atoms with Crippen molar-refractivity contribution in [2.75, 3.05) is 0 Å². The molecule has 1 aliphatic rings. The van der Waals surface area contributed by atoms with Crippen molar-refractivity contribution in [3.05, 3.63) is 16.6 Å². The highest BCUT2D eigenvalue weighted by molar-refractivity contribution is 7.05. The molecule has 0 aliphatic heterocycles. The Morgan fingerprint density at radius 3 is 2.80 bits per heavy atom. The number of hydrogen-bond donors (Lipinski definition) is 0. The van der Waals surface area contributed by atoms with E-state index in [1.54, 1.807) is 11.5 Å². The lowest BCUT2D eigenvalue weighted by Gasteiger charge is -2.22. The van der Waals surface area contributed by atoms with Gasteiger partial charge in [-0.1, -0.05) is 6.42 Å². The van der Waals surface area contributed by atoms with Crippen LogP contribution in [-0.2, 0) is 0 Å². The first kappa shape index (κ1) is 6.35. The Balaban J connectivity index is 2.17. The zero-order valence-electron chi connectivity index (χ0n) is 6.13. The highest BCUT2D eigenvalue weighted by Crippen LogP contribution is 2.36. The Bertz CT molecular complexity index is 225. The van der Waals surface area contributed by atoms with Gasteiger partial charge in [-0.05, 0) is 37.4 Å². The van der Waals surface area contributed by atoms with Crippen molar-refractivity contribution in [3.63, 3.8) is 0 Å². The highest BCUT2D eigenvalue weighted by atomic mass is 32.1. The number of rotatable bonds is 1. The summed E-state index contributed by atoms with van der Waals surface area (Å²) in [6, 6.07) is 2.23. The summed E-state index contributed by atoms with van der Waals surface area (Å²) in [6.07, 6.45) is 4.13. The average molecular weight is 153 g/mol. The first-order valence-corrected chi connectivity index (χ1v) is 4.57. The summed E-state index contributed by atoms with van der Waals surface area (Å²) in [5.74, 6) is 0.810. The van der Waals surface area contributed by atoms with Gasteiger partial charge in [0.05, 0.1) is 5.69 Å². The van der Waals surface area contributed by atoms with E-state index in [0.717, 1.165) is 5.92 Å². The van der Waals surface area contributed by atoms with Crippen molar-refractivity contribution >= 4 is 11.5 Å². The first-order chi connectivity index (χ1) is 4.86. The molecule has 0 amide bonds. The molecule has 0 bridgehead atoms. The minimum atomic E-state index is 0.810. The largest absolute Gasteiger partial charge is 0.197 e. The predicted octanol–water partition coefficient (Wildman–Crippen LogP) is 2.72. The summed E-state index contributed by atoms with van der Waals surface area (Å²) in [4.78, 5) is 1.35. The zero-order chi connectivity index (χ0) is 6.97.